The van der Waals surface area contributed by atoms with Crippen LogP contribution in [0.3, 0.4) is 0 Å². The maximum atomic E-state index is 12.2. The van der Waals surface area contributed by atoms with Crippen LogP contribution in [0.5, 0.6) is 0 Å². The van der Waals surface area contributed by atoms with Gasteiger partial charge in [0, 0.05) is 23.6 Å². The molecule has 1 fully saturated rings. The van der Waals surface area contributed by atoms with Crippen molar-refractivity contribution in [3.63, 3.8) is 0 Å². The molecule has 1 N–H and O–H groups in total. The van der Waals surface area contributed by atoms with E-state index in [9.17, 15) is 4.79 Å². The topological polar surface area (TPSA) is 29.1 Å². The lowest BCUT2D eigenvalue weighted by Crippen LogP contribution is -2.25. The zero-order chi connectivity index (χ0) is 16.6. The van der Waals surface area contributed by atoms with Gasteiger partial charge < -0.3 is 5.32 Å². The van der Waals surface area contributed by atoms with Gasteiger partial charge in [0.15, 0.2) is 0 Å². The van der Waals surface area contributed by atoms with Crippen LogP contribution in [0.4, 0.5) is 0 Å². The van der Waals surface area contributed by atoms with Crippen LogP contribution in [0.2, 0.25) is 0 Å². The monoisotopic (exact) mass is 395 g/mol. The van der Waals surface area contributed by atoms with E-state index in [1.54, 1.807) is 11.3 Å². The van der Waals surface area contributed by atoms with E-state index in [4.69, 9.17) is 0 Å². The number of amides is 1. The average molecular weight is 396 g/mol. The van der Waals surface area contributed by atoms with Gasteiger partial charge in [0.05, 0.1) is 4.58 Å². The lowest BCUT2D eigenvalue weighted by Gasteiger charge is -2.21. The van der Waals surface area contributed by atoms with Crippen LogP contribution in [-0.4, -0.2) is 29.7 Å². The molecule has 1 aromatic heterocycles. The maximum Gasteiger partial charge on any atom is 0.251 e. The van der Waals surface area contributed by atoms with Crippen LogP contribution >= 0.6 is 46.6 Å². The first-order valence-electron chi connectivity index (χ1n) is 8.03. The van der Waals surface area contributed by atoms with E-state index in [1.165, 1.54) is 29.1 Å². The Balaban J connectivity index is 1.39. The maximum absolute atomic E-state index is 12.2. The molecule has 3 rings (SSSR count). The molecule has 1 saturated heterocycles. The van der Waals surface area contributed by atoms with Gasteiger partial charge in [0.25, 0.3) is 5.91 Å². The summed E-state index contributed by atoms with van der Waals surface area (Å²) in [5.41, 5.74) is 3.45. The Morgan fingerprint density at radius 3 is 2.67 bits per heavy atom. The molecule has 1 aliphatic rings. The number of carbonyl (C=O) groups is 1. The highest BCUT2D eigenvalue weighted by molar-refractivity contribution is 8.16. The number of hydrogen-bond acceptors (Lipinski definition) is 5. The summed E-state index contributed by atoms with van der Waals surface area (Å²) in [5.74, 6) is 4.47. The molecule has 2 nitrogen and oxygen atoms in total. The summed E-state index contributed by atoms with van der Waals surface area (Å²) in [7, 11) is 0. The zero-order valence-corrected chi connectivity index (χ0v) is 16.7. The molecule has 128 valence electrons. The number of rotatable bonds is 7. The van der Waals surface area contributed by atoms with Gasteiger partial charge in [-0.1, -0.05) is 12.1 Å². The van der Waals surface area contributed by atoms with E-state index >= 15 is 0 Å². The molecule has 0 aliphatic carbocycles. The SMILES string of the molecule is O=C(NCCSCc1ccsc1)c1ccc(C2SCCCS2)cc1. The second-order valence-corrected chi connectivity index (χ2v) is 10.1. The number of carbonyl (C=O) groups excluding carboxylic acids is 1. The first-order valence-corrected chi connectivity index (χ1v) is 12.2. The first kappa shape index (κ1) is 18.2. The Labute approximate surface area is 160 Å². The fourth-order valence-electron chi connectivity index (χ4n) is 2.38. The van der Waals surface area contributed by atoms with Crippen LogP contribution in [0.15, 0.2) is 41.1 Å². The second-order valence-electron chi connectivity index (χ2n) is 5.49. The highest BCUT2D eigenvalue weighted by Gasteiger charge is 2.16. The minimum absolute atomic E-state index is 0.0293. The van der Waals surface area contributed by atoms with Crippen molar-refractivity contribution < 1.29 is 4.79 Å². The Morgan fingerprint density at radius 1 is 1.17 bits per heavy atom. The summed E-state index contributed by atoms with van der Waals surface area (Å²) in [6.45, 7) is 0.712. The van der Waals surface area contributed by atoms with Gasteiger partial charge >= 0.3 is 0 Å². The highest BCUT2D eigenvalue weighted by atomic mass is 32.2. The Bertz CT molecular complexity index is 621. The van der Waals surface area contributed by atoms with Crippen molar-refractivity contribution in [2.45, 2.75) is 16.8 Å². The summed E-state index contributed by atoms with van der Waals surface area (Å²) in [4.78, 5) is 12.2. The van der Waals surface area contributed by atoms with Crippen LogP contribution in [-0.2, 0) is 5.75 Å². The van der Waals surface area contributed by atoms with Crippen molar-refractivity contribution in [2.75, 3.05) is 23.8 Å². The lowest BCUT2D eigenvalue weighted by atomic mass is 10.1. The summed E-state index contributed by atoms with van der Waals surface area (Å²) >= 11 is 7.60. The molecule has 24 heavy (non-hydrogen) atoms. The molecule has 0 spiro atoms. The summed E-state index contributed by atoms with van der Waals surface area (Å²) in [6, 6.07) is 10.3. The van der Waals surface area contributed by atoms with Gasteiger partial charge in [0.2, 0.25) is 0 Å². The highest BCUT2D eigenvalue weighted by Crippen LogP contribution is 2.43. The van der Waals surface area contributed by atoms with Gasteiger partial charge in [-0.2, -0.15) is 23.1 Å². The summed E-state index contributed by atoms with van der Waals surface area (Å²) < 4.78 is 0.532. The Hall–Kier alpha value is -0.560. The average Bonchev–Trinajstić information content (AvgIpc) is 3.16. The van der Waals surface area contributed by atoms with Crippen LogP contribution in [0.1, 0.15) is 32.5 Å². The molecule has 2 heterocycles. The number of nitrogens with one attached hydrogen (secondary N) is 1. The Kier molecular flexibility index (Phi) is 7.45. The fourth-order valence-corrected chi connectivity index (χ4v) is 6.85. The first-order chi connectivity index (χ1) is 11.8. The van der Waals surface area contributed by atoms with E-state index in [0.29, 0.717) is 11.1 Å². The van der Waals surface area contributed by atoms with Crippen molar-refractivity contribution in [2.24, 2.45) is 0 Å². The standard InChI is InChI=1S/C18H21NOS4/c20-17(19-7-11-22-13-14-6-10-21-12-14)15-2-4-16(5-3-15)18-23-8-1-9-24-18/h2-6,10,12,18H,1,7-9,11,13H2,(H,19,20). The van der Waals surface area contributed by atoms with Crippen LogP contribution < -0.4 is 5.32 Å². The van der Waals surface area contributed by atoms with Crippen LogP contribution in [0.25, 0.3) is 0 Å². The molecule has 1 aliphatic heterocycles. The molecule has 1 amide bonds. The third-order valence-electron chi connectivity index (χ3n) is 3.65. The molecular formula is C18H21NOS4. The lowest BCUT2D eigenvalue weighted by molar-refractivity contribution is 0.0956. The molecule has 0 radical (unpaired) electrons. The minimum Gasteiger partial charge on any atom is -0.351 e. The second kappa shape index (κ2) is 9.80. The van der Waals surface area contributed by atoms with Crippen molar-refractivity contribution in [1.82, 2.24) is 5.32 Å². The summed E-state index contributed by atoms with van der Waals surface area (Å²) in [6.07, 6.45) is 1.30. The molecule has 0 unspecified atom stereocenters. The molecule has 0 bridgehead atoms. The van der Waals surface area contributed by atoms with E-state index in [1.807, 2.05) is 47.4 Å². The van der Waals surface area contributed by atoms with Gasteiger partial charge in [0.1, 0.15) is 0 Å². The molecule has 2 aromatic rings. The molecule has 1 aromatic carbocycles. The van der Waals surface area contributed by atoms with E-state index < -0.39 is 0 Å². The third kappa shape index (κ3) is 5.48. The zero-order valence-electron chi connectivity index (χ0n) is 13.4. The van der Waals surface area contributed by atoms with Gasteiger partial charge in [-0.15, -0.1) is 23.5 Å². The van der Waals surface area contributed by atoms with Gasteiger partial charge in [-0.05, 0) is 58.0 Å². The quantitative estimate of drug-likeness (QED) is 0.646. The van der Waals surface area contributed by atoms with Gasteiger partial charge in [-0.3, -0.25) is 4.79 Å². The normalized spacial score (nSPS) is 15.3. The largest absolute Gasteiger partial charge is 0.351 e. The smallest absolute Gasteiger partial charge is 0.251 e. The van der Waals surface area contributed by atoms with E-state index in [2.05, 4.69) is 34.3 Å². The number of hydrogen-bond donors (Lipinski definition) is 1. The van der Waals surface area contributed by atoms with Crippen molar-refractivity contribution in [1.29, 1.82) is 0 Å². The van der Waals surface area contributed by atoms with E-state index in [-0.39, 0.29) is 5.91 Å². The van der Waals surface area contributed by atoms with Crippen molar-refractivity contribution >= 4 is 52.5 Å². The predicted octanol–water partition coefficient (Wildman–Crippen LogP) is 5.28. The molecular weight excluding hydrogens is 374 g/mol. The van der Waals surface area contributed by atoms with Crippen molar-refractivity contribution in [3.05, 3.63) is 57.8 Å². The molecule has 0 atom stereocenters. The van der Waals surface area contributed by atoms with Gasteiger partial charge in [-0.25, -0.2) is 0 Å². The third-order valence-corrected chi connectivity index (χ3v) is 8.43. The Morgan fingerprint density at radius 2 is 1.96 bits per heavy atom. The number of thioether (sulfide) groups is 3. The molecule has 6 heteroatoms. The summed E-state index contributed by atoms with van der Waals surface area (Å²) in [5, 5.41) is 7.29. The van der Waals surface area contributed by atoms with E-state index in [0.717, 1.165) is 17.1 Å². The van der Waals surface area contributed by atoms with Crippen molar-refractivity contribution in [3.8, 4) is 0 Å². The number of benzene rings is 1. The minimum atomic E-state index is 0.0293. The molecule has 0 saturated carbocycles. The number of thiophene rings is 1. The predicted molar refractivity (Wildman–Crippen MR) is 112 cm³/mol. The fraction of sp³-hybridized carbons (Fsp3) is 0.389. The van der Waals surface area contributed by atoms with Crippen LogP contribution in [0, 0.1) is 0 Å².